The number of amides is 2. The van der Waals surface area contributed by atoms with Gasteiger partial charge in [-0.15, -0.1) is 0 Å². The topological polar surface area (TPSA) is 72.2 Å². The van der Waals surface area contributed by atoms with Crippen LogP contribution in [0.2, 0.25) is 0 Å². The molecule has 7 nitrogen and oxygen atoms in total. The lowest BCUT2D eigenvalue weighted by Crippen LogP contribution is -2.41. The molecule has 0 atom stereocenters. The Balaban J connectivity index is 1.38. The van der Waals surface area contributed by atoms with Crippen molar-refractivity contribution < 1.29 is 18.0 Å². The smallest absolute Gasteiger partial charge is 0.324 e. The number of aromatic nitrogens is 3. The number of carbonyl (C=O) groups is 1. The van der Waals surface area contributed by atoms with Gasteiger partial charge in [-0.05, 0) is 49.9 Å². The van der Waals surface area contributed by atoms with Gasteiger partial charge in [0.05, 0.1) is 5.56 Å². The monoisotopic (exact) mass is 437 g/mol. The molecule has 2 heterocycles. The third kappa shape index (κ3) is 4.47. The van der Waals surface area contributed by atoms with Crippen LogP contribution in [-0.2, 0) is 13.2 Å². The molecular formula is C21H26F3N5O2. The van der Waals surface area contributed by atoms with Crippen LogP contribution in [0.1, 0.15) is 61.9 Å². The molecule has 1 aliphatic carbocycles. The highest BCUT2D eigenvalue weighted by atomic mass is 19.4. The Bertz CT molecular complexity index is 982. The van der Waals surface area contributed by atoms with Crippen molar-refractivity contribution in [2.75, 3.05) is 18.4 Å². The molecule has 2 aromatic rings. The molecule has 0 bridgehead atoms. The van der Waals surface area contributed by atoms with Crippen molar-refractivity contribution in [1.82, 2.24) is 19.2 Å². The van der Waals surface area contributed by atoms with Crippen LogP contribution in [-0.4, -0.2) is 38.4 Å². The number of likely N-dealkylation sites (tertiary alicyclic amines) is 1. The fraction of sp³-hybridized carbons (Fsp3) is 0.571. The molecule has 31 heavy (non-hydrogen) atoms. The number of rotatable bonds is 3. The molecule has 2 amide bonds. The third-order valence-corrected chi connectivity index (χ3v) is 6.28. The van der Waals surface area contributed by atoms with Gasteiger partial charge in [-0.3, -0.25) is 4.57 Å². The molecule has 1 aliphatic heterocycles. The van der Waals surface area contributed by atoms with Crippen LogP contribution in [0, 0.1) is 0 Å². The number of anilines is 1. The minimum absolute atomic E-state index is 0.0793. The predicted octanol–water partition coefficient (Wildman–Crippen LogP) is 4.13. The lowest BCUT2D eigenvalue weighted by Gasteiger charge is -2.32. The van der Waals surface area contributed by atoms with Crippen LogP contribution in [0.25, 0.3) is 0 Å². The van der Waals surface area contributed by atoms with Crippen molar-refractivity contribution >= 4 is 11.7 Å². The third-order valence-electron chi connectivity index (χ3n) is 6.28. The summed E-state index contributed by atoms with van der Waals surface area (Å²) in [5, 5.41) is 7.16. The number of nitrogens with one attached hydrogen (secondary N) is 1. The molecule has 1 aromatic carbocycles. The normalized spacial score (nSPS) is 18.5. The SMILES string of the molecule is Cn1nc(C2CCN(C(=O)Nc3ccc(C(F)(F)F)cc3)CC2)n(C2CCCC2)c1=O. The number of urea groups is 1. The van der Waals surface area contributed by atoms with E-state index in [1.165, 1.54) is 16.8 Å². The number of aryl methyl sites for hydroxylation is 1. The van der Waals surface area contributed by atoms with E-state index in [0.29, 0.717) is 31.6 Å². The van der Waals surface area contributed by atoms with E-state index >= 15 is 0 Å². The van der Waals surface area contributed by atoms with Gasteiger partial charge in [0, 0.05) is 37.8 Å². The minimum atomic E-state index is -4.41. The number of hydrogen-bond donors (Lipinski definition) is 1. The molecule has 1 saturated heterocycles. The van der Waals surface area contributed by atoms with Crippen molar-refractivity contribution in [1.29, 1.82) is 0 Å². The van der Waals surface area contributed by atoms with Gasteiger partial charge in [0.15, 0.2) is 0 Å². The fourth-order valence-electron chi connectivity index (χ4n) is 4.57. The fourth-order valence-corrected chi connectivity index (χ4v) is 4.57. The molecule has 2 fully saturated rings. The quantitative estimate of drug-likeness (QED) is 0.785. The summed E-state index contributed by atoms with van der Waals surface area (Å²) >= 11 is 0. The highest BCUT2D eigenvalue weighted by Crippen LogP contribution is 2.34. The van der Waals surface area contributed by atoms with E-state index in [9.17, 15) is 22.8 Å². The zero-order valence-corrected chi connectivity index (χ0v) is 17.4. The number of hydrogen-bond acceptors (Lipinski definition) is 3. The van der Waals surface area contributed by atoms with Gasteiger partial charge in [-0.2, -0.15) is 18.3 Å². The van der Waals surface area contributed by atoms with Gasteiger partial charge in [0.25, 0.3) is 0 Å². The van der Waals surface area contributed by atoms with E-state index < -0.39 is 11.7 Å². The van der Waals surface area contributed by atoms with Gasteiger partial charge in [-0.1, -0.05) is 12.8 Å². The Morgan fingerprint density at radius 2 is 1.68 bits per heavy atom. The largest absolute Gasteiger partial charge is 0.416 e. The summed E-state index contributed by atoms with van der Waals surface area (Å²) in [5.74, 6) is 0.909. The molecule has 10 heteroatoms. The molecule has 1 N–H and O–H groups in total. The highest BCUT2D eigenvalue weighted by Gasteiger charge is 2.32. The first-order valence-corrected chi connectivity index (χ1v) is 10.6. The standard InChI is InChI=1S/C21H26F3N5O2/c1-27-20(31)29(17-4-2-3-5-17)18(26-27)14-10-12-28(13-11-14)19(30)25-16-8-6-15(7-9-16)21(22,23)24/h6-9,14,17H,2-5,10-13H2,1H3,(H,25,30). The Labute approximate surface area is 177 Å². The lowest BCUT2D eigenvalue weighted by molar-refractivity contribution is -0.137. The van der Waals surface area contributed by atoms with E-state index in [2.05, 4.69) is 10.4 Å². The zero-order valence-electron chi connectivity index (χ0n) is 17.4. The first kappa shape index (κ1) is 21.5. The van der Waals surface area contributed by atoms with Gasteiger partial charge in [-0.25, -0.2) is 14.3 Å². The van der Waals surface area contributed by atoms with Crippen molar-refractivity contribution in [2.45, 2.75) is 56.7 Å². The average molecular weight is 437 g/mol. The van der Waals surface area contributed by atoms with Gasteiger partial charge < -0.3 is 10.2 Å². The van der Waals surface area contributed by atoms with Crippen LogP contribution in [0.5, 0.6) is 0 Å². The Kier molecular flexibility index (Phi) is 5.81. The number of alkyl halides is 3. The predicted molar refractivity (Wildman–Crippen MR) is 109 cm³/mol. The van der Waals surface area contributed by atoms with E-state index in [1.54, 1.807) is 11.9 Å². The first-order valence-electron chi connectivity index (χ1n) is 10.6. The van der Waals surface area contributed by atoms with Gasteiger partial charge in [0.1, 0.15) is 5.82 Å². The molecular weight excluding hydrogens is 411 g/mol. The van der Waals surface area contributed by atoms with Crippen molar-refractivity contribution in [3.63, 3.8) is 0 Å². The first-order chi connectivity index (χ1) is 14.7. The Hall–Kier alpha value is -2.78. The second kappa shape index (κ2) is 8.39. The molecule has 1 aromatic heterocycles. The molecule has 0 spiro atoms. The Morgan fingerprint density at radius 1 is 1.06 bits per heavy atom. The van der Waals surface area contributed by atoms with E-state index in [0.717, 1.165) is 43.6 Å². The second-order valence-corrected chi connectivity index (χ2v) is 8.34. The zero-order chi connectivity index (χ0) is 22.2. The summed E-state index contributed by atoms with van der Waals surface area (Å²) in [6, 6.07) is 4.27. The summed E-state index contributed by atoms with van der Waals surface area (Å²) in [6.07, 6.45) is 1.18. The molecule has 0 unspecified atom stereocenters. The summed E-state index contributed by atoms with van der Waals surface area (Å²) < 4.78 is 41.3. The van der Waals surface area contributed by atoms with Crippen molar-refractivity contribution in [3.05, 3.63) is 46.1 Å². The van der Waals surface area contributed by atoms with Crippen LogP contribution in [0.3, 0.4) is 0 Å². The summed E-state index contributed by atoms with van der Waals surface area (Å²) in [7, 11) is 1.67. The summed E-state index contributed by atoms with van der Waals surface area (Å²) in [5.41, 5.74) is -0.515. The minimum Gasteiger partial charge on any atom is -0.324 e. The van der Waals surface area contributed by atoms with E-state index in [-0.39, 0.29) is 23.7 Å². The van der Waals surface area contributed by atoms with Crippen LogP contribution in [0.4, 0.5) is 23.7 Å². The van der Waals surface area contributed by atoms with Gasteiger partial charge >= 0.3 is 17.9 Å². The average Bonchev–Trinajstić information content (AvgIpc) is 3.36. The molecule has 2 aliphatic rings. The molecule has 168 valence electrons. The van der Waals surface area contributed by atoms with Gasteiger partial charge in [0.2, 0.25) is 0 Å². The maximum Gasteiger partial charge on any atom is 0.416 e. The molecule has 4 rings (SSSR count). The summed E-state index contributed by atoms with van der Waals surface area (Å²) in [6.45, 7) is 0.985. The number of benzene rings is 1. The van der Waals surface area contributed by atoms with Crippen LogP contribution < -0.4 is 11.0 Å². The van der Waals surface area contributed by atoms with Crippen molar-refractivity contribution in [2.24, 2.45) is 7.05 Å². The maximum absolute atomic E-state index is 12.7. The highest BCUT2D eigenvalue weighted by molar-refractivity contribution is 5.89. The van der Waals surface area contributed by atoms with Crippen molar-refractivity contribution in [3.8, 4) is 0 Å². The number of halogens is 3. The Morgan fingerprint density at radius 3 is 2.26 bits per heavy atom. The van der Waals surface area contributed by atoms with Crippen LogP contribution in [0.15, 0.2) is 29.1 Å². The number of piperidine rings is 1. The van der Waals surface area contributed by atoms with E-state index in [4.69, 9.17) is 0 Å². The number of carbonyl (C=O) groups excluding carboxylic acids is 1. The van der Waals surface area contributed by atoms with E-state index in [1.807, 2.05) is 4.57 Å². The maximum atomic E-state index is 12.7. The second-order valence-electron chi connectivity index (χ2n) is 8.34. The lowest BCUT2D eigenvalue weighted by atomic mass is 9.95. The molecule has 1 saturated carbocycles. The van der Waals surface area contributed by atoms with Crippen LogP contribution >= 0.6 is 0 Å². The number of nitrogens with zero attached hydrogens (tertiary/aromatic N) is 4. The molecule has 0 radical (unpaired) electrons. The summed E-state index contributed by atoms with van der Waals surface area (Å²) in [4.78, 5) is 26.8.